The molecule has 1 N–H and O–H groups in total. The Bertz CT molecular complexity index is 764. The summed E-state index contributed by atoms with van der Waals surface area (Å²) in [6, 6.07) is 10.7. The molecule has 1 heterocycles. The summed E-state index contributed by atoms with van der Waals surface area (Å²) in [5.74, 6) is 0.315. The third-order valence-electron chi connectivity index (χ3n) is 3.08. The molecule has 0 saturated carbocycles. The fourth-order valence-electron chi connectivity index (χ4n) is 2.31. The molecule has 0 atom stereocenters. The van der Waals surface area contributed by atoms with Crippen LogP contribution < -0.4 is 5.32 Å². The van der Waals surface area contributed by atoms with E-state index in [1.807, 2.05) is 26.0 Å². The van der Waals surface area contributed by atoms with Gasteiger partial charge in [0.15, 0.2) is 0 Å². The van der Waals surface area contributed by atoms with Gasteiger partial charge in [0.05, 0.1) is 5.52 Å². The SMILES string of the molecule is Cc1cc(C)cc(Nc2ncnc3ccc(F)cc23)c1. The minimum Gasteiger partial charge on any atom is -0.340 e. The molecule has 1 aromatic heterocycles. The van der Waals surface area contributed by atoms with Crippen LogP contribution in [0.25, 0.3) is 10.9 Å². The van der Waals surface area contributed by atoms with Crippen molar-refractivity contribution in [3.8, 4) is 0 Å². The van der Waals surface area contributed by atoms with Gasteiger partial charge in [-0.3, -0.25) is 0 Å². The summed E-state index contributed by atoms with van der Waals surface area (Å²) >= 11 is 0. The Morgan fingerprint density at radius 1 is 0.950 bits per heavy atom. The molecule has 3 nitrogen and oxygen atoms in total. The Morgan fingerprint density at radius 3 is 2.45 bits per heavy atom. The Balaban J connectivity index is 2.08. The first-order valence-corrected chi connectivity index (χ1v) is 6.37. The molecule has 3 aromatic rings. The second-order valence-corrected chi connectivity index (χ2v) is 4.89. The van der Waals surface area contributed by atoms with Gasteiger partial charge in [-0.25, -0.2) is 14.4 Å². The van der Waals surface area contributed by atoms with E-state index in [0.29, 0.717) is 16.7 Å². The Labute approximate surface area is 116 Å². The standard InChI is InChI=1S/C16H14FN3/c1-10-5-11(2)7-13(6-10)20-16-14-8-12(17)3-4-15(14)18-9-19-16/h3-9H,1-2H3,(H,18,19,20). The van der Waals surface area contributed by atoms with Crippen molar-refractivity contribution >= 4 is 22.4 Å². The summed E-state index contributed by atoms with van der Waals surface area (Å²) in [5.41, 5.74) is 3.98. The quantitative estimate of drug-likeness (QED) is 0.758. The Hall–Kier alpha value is -2.49. The monoisotopic (exact) mass is 267 g/mol. The molecule has 0 unspecified atom stereocenters. The highest BCUT2D eigenvalue weighted by Gasteiger charge is 2.06. The van der Waals surface area contributed by atoms with E-state index in [9.17, 15) is 4.39 Å². The van der Waals surface area contributed by atoms with Crippen LogP contribution in [0.3, 0.4) is 0 Å². The number of hydrogen-bond acceptors (Lipinski definition) is 3. The van der Waals surface area contributed by atoms with Gasteiger partial charge in [0.2, 0.25) is 0 Å². The minimum absolute atomic E-state index is 0.296. The van der Waals surface area contributed by atoms with Gasteiger partial charge >= 0.3 is 0 Å². The maximum Gasteiger partial charge on any atom is 0.141 e. The van der Waals surface area contributed by atoms with Crippen LogP contribution in [0.1, 0.15) is 11.1 Å². The first-order valence-electron chi connectivity index (χ1n) is 6.37. The Morgan fingerprint density at radius 2 is 1.70 bits per heavy atom. The van der Waals surface area contributed by atoms with Crippen molar-refractivity contribution < 1.29 is 4.39 Å². The predicted octanol–water partition coefficient (Wildman–Crippen LogP) is 4.13. The molecular weight excluding hydrogens is 253 g/mol. The van der Waals surface area contributed by atoms with Crippen molar-refractivity contribution in [2.75, 3.05) is 5.32 Å². The van der Waals surface area contributed by atoms with Gasteiger partial charge in [0, 0.05) is 11.1 Å². The van der Waals surface area contributed by atoms with Crippen LogP contribution in [-0.4, -0.2) is 9.97 Å². The molecule has 4 heteroatoms. The largest absolute Gasteiger partial charge is 0.340 e. The van der Waals surface area contributed by atoms with E-state index in [0.717, 1.165) is 16.8 Å². The maximum atomic E-state index is 13.4. The van der Waals surface area contributed by atoms with Crippen LogP contribution in [0, 0.1) is 19.7 Å². The van der Waals surface area contributed by atoms with Gasteiger partial charge in [-0.15, -0.1) is 0 Å². The fourth-order valence-corrected chi connectivity index (χ4v) is 2.31. The number of aromatic nitrogens is 2. The number of fused-ring (bicyclic) bond motifs is 1. The molecule has 0 fully saturated rings. The third-order valence-corrected chi connectivity index (χ3v) is 3.08. The zero-order chi connectivity index (χ0) is 14.1. The van der Waals surface area contributed by atoms with E-state index in [-0.39, 0.29) is 5.82 Å². The molecule has 0 bridgehead atoms. The highest BCUT2D eigenvalue weighted by Crippen LogP contribution is 2.24. The van der Waals surface area contributed by atoms with Gasteiger partial charge in [0.25, 0.3) is 0 Å². The third kappa shape index (κ3) is 2.45. The van der Waals surface area contributed by atoms with Crippen LogP contribution in [0.5, 0.6) is 0 Å². The molecule has 0 saturated heterocycles. The van der Waals surface area contributed by atoms with E-state index in [1.165, 1.54) is 18.5 Å². The van der Waals surface area contributed by atoms with Crippen molar-refractivity contribution in [3.63, 3.8) is 0 Å². The van der Waals surface area contributed by atoms with Crippen molar-refractivity contribution in [2.45, 2.75) is 13.8 Å². The summed E-state index contributed by atoms with van der Waals surface area (Å²) in [6.07, 6.45) is 1.48. The van der Waals surface area contributed by atoms with E-state index in [1.54, 1.807) is 6.07 Å². The number of nitrogens with one attached hydrogen (secondary N) is 1. The lowest BCUT2D eigenvalue weighted by molar-refractivity contribution is 0.629. The number of benzene rings is 2. The lowest BCUT2D eigenvalue weighted by Gasteiger charge is -2.10. The molecule has 3 rings (SSSR count). The van der Waals surface area contributed by atoms with Crippen molar-refractivity contribution in [1.82, 2.24) is 9.97 Å². The molecule has 2 aromatic carbocycles. The molecule has 0 aliphatic carbocycles. The second-order valence-electron chi connectivity index (χ2n) is 4.89. The lowest BCUT2D eigenvalue weighted by Crippen LogP contribution is -1.97. The van der Waals surface area contributed by atoms with Crippen LogP contribution in [0.4, 0.5) is 15.9 Å². The molecule has 100 valence electrons. The summed E-state index contributed by atoms with van der Waals surface area (Å²) in [6.45, 7) is 4.08. The van der Waals surface area contributed by atoms with E-state index in [2.05, 4.69) is 21.4 Å². The van der Waals surface area contributed by atoms with Crippen LogP contribution in [0.15, 0.2) is 42.7 Å². The summed E-state index contributed by atoms with van der Waals surface area (Å²) < 4.78 is 13.4. The first-order chi connectivity index (χ1) is 9.61. The number of halogens is 1. The first kappa shape index (κ1) is 12.5. The van der Waals surface area contributed by atoms with Gasteiger partial charge in [-0.1, -0.05) is 6.07 Å². The van der Waals surface area contributed by atoms with Crippen molar-refractivity contribution in [1.29, 1.82) is 0 Å². The number of aryl methyl sites for hydroxylation is 2. The second kappa shape index (κ2) is 4.89. The maximum absolute atomic E-state index is 13.4. The number of nitrogens with zero attached hydrogens (tertiary/aromatic N) is 2. The van der Waals surface area contributed by atoms with Crippen LogP contribution in [-0.2, 0) is 0 Å². The van der Waals surface area contributed by atoms with Crippen molar-refractivity contribution in [3.05, 3.63) is 59.7 Å². The molecule has 0 aliphatic heterocycles. The zero-order valence-corrected chi connectivity index (χ0v) is 11.3. The fraction of sp³-hybridized carbons (Fsp3) is 0.125. The van der Waals surface area contributed by atoms with Crippen LogP contribution in [0.2, 0.25) is 0 Å². The van der Waals surface area contributed by atoms with E-state index >= 15 is 0 Å². The molecular formula is C16H14FN3. The Kier molecular flexibility index (Phi) is 3.06. The van der Waals surface area contributed by atoms with E-state index < -0.39 is 0 Å². The normalized spacial score (nSPS) is 10.8. The van der Waals surface area contributed by atoms with Crippen molar-refractivity contribution in [2.24, 2.45) is 0 Å². The van der Waals surface area contributed by atoms with Gasteiger partial charge in [0.1, 0.15) is 18.0 Å². The molecule has 0 aliphatic rings. The zero-order valence-electron chi connectivity index (χ0n) is 11.3. The number of hydrogen-bond donors (Lipinski definition) is 1. The van der Waals surface area contributed by atoms with Gasteiger partial charge in [-0.05, 0) is 55.3 Å². The molecule has 0 radical (unpaired) electrons. The summed E-state index contributed by atoms with van der Waals surface area (Å²) in [7, 11) is 0. The van der Waals surface area contributed by atoms with Gasteiger partial charge in [-0.2, -0.15) is 0 Å². The molecule has 0 spiro atoms. The average molecular weight is 267 g/mol. The smallest absolute Gasteiger partial charge is 0.141 e. The highest BCUT2D eigenvalue weighted by atomic mass is 19.1. The van der Waals surface area contributed by atoms with E-state index in [4.69, 9.17) is 0 Å². The lowest BCUT2D eigenvalue weighted by atomic mass is 10.1. The molecule has 20 heavy (non-hydrogen) atoms. The molecule has 0 amide bonds. The van der Waals surface area contributed by atoms with Gasteiger partial charge < -0.3 is 5.32 Å². The predicted molar refractivity (Wildman–Crippen MR) is 78.7 cm³/mol. The highest BCUT2D eigenvalue weighted by molar-refractivity contribution is 5.90. The number of anilines is 2. The summed E-state index contributed by atoms with van der Waals surface area (Å²) in [5, 5.41) is 3.91. The van der Waals surface area contributed by atoms with Crippen LogP contribution >= 0.6 is 0 Å². The number of rotatable bonds is 2. The summed E-state index contributed by atoms with van der Waals surface area (Å²) in [4.78, 5) is 8.36. The average Bonchev–Trinajstić information content (AvgIpc) is 2.38. The minimum atomic E-state index is -0.296. The topological polar surface area (TPSA) is 37.8 Å².